The molecular formula is C93H115Cl2FN16O19S. The number of hydrogen-bond donors (Lipinski definition) is 14. The van der Waals surface area contributed by atoms with Crippen LogP contribution in [0.3, 0.4) is 0 Å². The molecule has 1 fully saturated rings. The molecule has 0 radical (unpaired) electrons. The van der Waals surface area contributed by atoms with Gasteiger partial charge in [0.15, 0.2) is 5.82 Å². The summed E-state index contributed by atoms with van der Waals surface area (Å²) >= 11 is 13.4. The molecule has 0 bridgehead atoms. The number of halogens is 3. The number of aromatic hydroxyl groups is 2. The first-order valence-electron chi connectivity index (χ1n) is 43.0. The molecule has 0 unspecified atom stereocenters. The van der Waals surface area contributed by atoms with Crippen LogP contribution in [0, 0.1) is 17.7 Å². The molecule has 0 saturated carbocycles. The minimum atomic E-state index is -1.94. The van der Waals surface area contributed by atoms with Gasteiger partial charge in [-0.15, -0.1) is 11.8 Å². The van der Waals surface area contributed by atoms with Crippen LogP contribution in [0.15, 0.2) is 152 Å². The predicted octanol–water partition coefficient (Wildman–Crippen LogP) is 3.77. The maximum absolute atomic E-state index is 15.6. The Kier molecular flexibility index (Phi) is 39.3. The Morgan fingerprint density at radius 1 is 0.500 bits per heavy atom. The third kappa shape index (κ3) is 30.7. The van der Waals surface area contributed by atoms with Gasteiger partial charge >= 0.3 is 5.97 Å². The number of hydrogen-bond acceptors (Lipinski definition) is 19. The number of H-pyrrole nitrogens is 1. The molecule has 132 heavy (non-hydrogen) atoms. The van der Waals surface area contributed by atoms with Gasteiger partial charge in [0.2, 0.25) is 88.6 Å². The topological polar surface area (TPSA) is 500 Å². The number of fused-ring (bicyclic) bond motifs is 1. The van der Waals surface area contributed by atoms with Gasteiger partial charge in [-0.25, -0.2) is 4.39 Å². The van der Waals surface area contributed by atoms with E-state index in [1.165, 1.54) is 95.9 Å². The van der Waals surface area contributed by atoms with Crippen molar-refractivity contribution < 1.29 is 96.4 Å². The van der Waals surface area contributed by atoms with E-state index in [0.29, 0.717) is 51.6 Å². The van der Waals surface area contributed by atoms with Crippen molar-refractivity contribution >= 4 is 140 Å². The van der Waals surface area contributed by atoms with E-state index in [0.717, 1.165) is 36.3 Å². The average Bonchev–Trinajstić information content (AvgIpc) is 1.28. The number of carboxylic acids is 1. The molecule has 39 heteroatoms. The Morgan fingerprint density at radius 2 is 0.962 bits per heavy atom. The van der Waals surface area contributed by atoms with Gasteiger partial charge in [-0.3, -0.25) is 76.7 Å². The van der Waals surface area contributed by atoms with E-state index < -0.39 is 233 Å². The fourth-order valence-corrected chi connectivity index (χ4v) is 16.4. The Labute approximate surface area is 778 Å². The van der Waals surface area contributed by atoms with Crippen molar-refractivity contribution in [3.8, 4) is 11.5 Å². The maximum atomic E-state index is 15.6. The number of carboxylic acid groups (broad SMARTS) is 1. The van der Waals surface area contributed by atoms with Gasteiger partial charge in [0, 0.05) is 96.6 Å². The Morgan fingerprint density at radius 3 is 1.52 bits per heavy atom. The van der Waals surface area contributed by atoms with Gasteiger partial charge in [-0.2, -0.15) is 0 Å². The summed E-state index contributed by atoms with van der Waals surface area (Å²) < 4.78 is 15.1. The largest absolute Gasteiger partial charge is 0.508 e. The number of thioether (sulfide) groups is 1. The van der Waals surface area contributed by atoms with E-state index in [2.05, 4.69) is 52.8 Å². The minimum Gasteiger partial charge on any atom is -0.508 e. The zero-order valence-electron chi connectivity index (χ0n) is 75.0. The number of phenols is 2. The first kappa shape index (κ1) is 104. The molecule has 1 saturated heterocycles. The number of carbonyl (C=O) groups is 16. The third-order valence-electron chi connectivity index (χ3n) is 22.3. The number of nitrogens with two attached hydrogens (primary N) is 1. The number of phenolic OH excluding ortho intramolecular Hbond substituents is 2. The second-order valence-corrected chi connectivity index (χ2v) is 35.3. The number of primary amides is 1. The number of amides is 15. The summed E-state index contributed by atoms with van der Waals surface area (Å²) in [5.41, 5.74) is 8.48. The number of aromatic nitrogens is 1. The number of carbonyl (C=O) groups excluding carboxylic acids is 15. The zero-order valence-corrected chi connectivity index (χ0v) is 77.3. The summed E-state index contributed by atoms with van der Waals surface area (Å²) in [4.78, 5) is 244. The molecule has 2 heterocycles. The molecular weight excluding hydrogens is 1770 g/mol. The SMILES string of the molecule is CCCC[C@H]1C(=O)N(C)CC(=O)N[C@@H](CC(=O)O)C(=O)N[C@@H](C(C)C)C(=O)N(C)[C@@H](Cc2ccccc2)C(=O)N[C@@H](Cc2ccc(O)cc2)C(=O)N(C)CC(=O)N[C@@H](Cc2c[nH]c3ccccc23)C(=O)N[C@@H](Cc2ccc(O)cc2)C(=O)N[C@@H](CC(C)C)C(=O)N[C@H](C(=O)NCC(N)=O)CSCC(=O)N[C@@H](Cc2cc(Cl)c(F)c(Cl)c2)C(=O)N(C)[C@@H](Cc2ccccc2)C(=O)N1C. The number of aliphatic carboxylic acids is 1. The van der Waals surface area contributed by atoms with Crippen molar-refractivity contribution in [2.45, 2.75) is 172 Å². The molecule has 0 spiro atoms. The summed E-state index contributed by atoms with van der Waals surface area (Å²) in [5.74, 6) is -19.5. The summed E-state index contributed by atoms with van der Waals surface area (Å²) in [6, 6.07) is 19.8. The highest BCUT2D eigenvalue weighted by atomic mass is 35.5. The van der Waals surface area contributed by atoms with Crippen molar-refractivity contribution in [3.63, 3.8) is 0 Å². The number of para-hydroxylation sites is 1. The van der Waals surface area contributed by atoms with Gasteiger partial charge in [-0.05, 0) is 101 Å². The summed E-state index contributed by atoms with van der Waals surface area (Å²) in [5, 5.41) is 54.4. The van der Waals surface area contributed by atoms with Gasteiger partial charge in [0.05, 0.1) is 41.9 Å². The number of nitrogens with zero attached hydrogens (tertiary/aromatic N) is 5. The quantitative estimate of drug-likeness (QED) is 0.0405. The smallest absolute Gasteiger partial charge is 0.305 e. The number of aromatic amines is 1. The van der Waals surface area contributed by atoms with Crippen molar-refractivity contribution in [1.82, 2.24) is 77.3 Å². The van der Waals surface area contributed by atoms with Gasteiger partial charge in [0.1, 0.15) is 78.0 Å². The zero-order chi connectivity index (χ0) is 96.9. The molecule has 8 rings (SSSR count). The van der Waals surface area contributed by atoms with Gasteiger partial charge in [0.25, 0.3) is 0 Å². The number of benzene rings is 6. The molecule has 1 aromatic heterocycles. The highest BCUT2D eigenvalue weighted by molar-refractivity contribution is 8.00. The molecule has 6 aromatic carbocycles. The minimum absolute atomic E-state index is 0.0276. The third-order valence-corrected chi connectivity index (χ3v) is 23.8. The monoisotopic (exact) mass is 1880 g/mol. The summed E-state index contributed by atoms with van der Waals surface area (Å²) in [6.45, 7) is 5.95. The highest BCUT2D eigenvalue weighted by Crippen LogP contribution is 2.28. The maximum Gasteiger partial charge on any atom is 0.305 e. The van der Waals surface area contributed by atoms with E-state index in [9.17, 15) is 53.7 Å². The second-order valence-electron chi connectivity index (χ2n) is 33.4. The molecule has 0 aliphatic carbocycles. The molecule has 1 aliphatic rings. The lowest BCUT2D eigenvalue weighted by Crippen LogP contribution is -2.61. The number of likely N-dealkylation sites (N-methyl/N-ethyl adjacent to an activating group) is 5. The molecule has 11 atom stereocenters. The van der Waals surface area contributed by atoms with Crippen LogP contribution in [0.5, 0.6) is 11.5 Å². The first-order valence-corrected chi connectivity index (χ1v) is 44.9. The Balaban J connectivity index is 1.23. The predicted molar refractivity (Wildman–Crippen MR) is 492 cm³/mol. The van der Waals surface area contributed by atoms with E-state index in [4.69, 9.17) is 28.9 Å². The Bertz CT molecular complexity index is 5250. The summed E-state index contributed by atoms with van der Waals surface area (Å²) in [6.07, 6.45) is -0.647. The number of nitrogens with one attached hydrogen (secondary N) is 10. The number of unbranched alkanes of at least 4 members (excludes halogenated alkanes) is 1. The van der Waals surface area contributed by atoms with Crippen LogP contribution in [0.25, 0.3) is 10.9 Å². The van der Waals surface area contributed by atoms with E-state index in [1.807, 2.05) is 6.92 Å². The van der Waals surface area contributed by atoms with Crippen LogP contribution in [0.4, 0.5) is 4.39 Å². The molecule has 15 N–H and O–H groups in total. The molecule has 7 aromatic rings. The van der Waals surface area contributed by atoms with E-state index in [-0.39, 0.29) is 62.0 Å². The summed E-state index contributed by atoms with van der Waals surface area (Å²) in [7, 11) is 6.32. The fraction of sp³-hybridized carbons (Fsp3) is 0.419. The van der Waals surface area contributed by atoms with Crippen LogP contribution in [-0.4, -0.2) is 272 Å². The van der Waals surface area contributed by atoms with Crippen LogP contribution in [-0.2, 0) is 115 Å². The van der Waals surface area contributed by atoms with Gasteiger partial charge in [-0.1, -0.05) is 174 Å². The highest BCUT2D eigenvalue weighted by Gasteiger charge is 2.43. The van der Waals surface area contributed by atoms with Crippen LogP contribution >= 0.6 is 35.0 Å². The van der Waals surface area contributed by atoms with Crippen molar-refractivity contribution in [2.24, 2.45) is 17.6 Å². The van der Waals surface area contributed by atoms with Crippen LogP contribution in [0.2, 0.25) is 10.0 Å². The molecule has 35 nitrogen and oxygen atoms in total. The lowest BCUT2D eigenvalue weighted by molar-refractivity contribution is -0.151. The molecule has 15 amide bonds. The fourth-order valence-electron chi connectivity index (χ4n) is 15.1. The van der Waals surface area contributed by atoms with Gasteiger partial charge < -0.3 is 98.4 Å². The molecule has 708 valence electrons. The van der Waals surface area contributed by atoms with Crippen LogP contribution in [0.1, 0.15) is 100 Å². The van der Waals surface area contributed by atoms with Crippen LogP contribution < -0.4 is 53.6 Å². The van der Waals surface area contributed by atoms with E-state index in [1.54, 1.807) is 119 Å². The molecule has 1 aliphatic heterocycles. The lowest BCUT2D eigenvalue weighted by Gasteiger charge is -2.37. The second kappa shape index (κ2) is 49.7. The van der Waals surface area contributed by atoms with E-state index >= 15 is 42.7 Å². The van der Waals surface area contributed by atoms with Crippen molar-refractivity contribution in [2.75, 3.05) is 66.4 Å². The first-order chi connectivity index (χ1) is 62.6. The standard InChI is InChI=1S/C93H115Cl2FN16O19S/c1-11-12-27-73-91(129)109(7)49-78(117)101-69(45-80(119)120)87(125)107-82(53(4)5)93(131)111(9)74(42-54-21-15-13-16-22-54)88(126)105-70(40-57-30-34-61(114)35-31-57)89(127)108(6)48-77(116)100-68(44-59-46-98-65-26-20-19-25-62(59)65)86(124)104-67(39-56-28-32-60(113)33-29-56)85(123)103-66(36-52(2)3)84(122)106-72(83(121)99-47-76(97)115)50-132-51-79(118)102-71(41-58-37-63(94)81(96)64(95)38-58)90(128)112(10)75(92(130)110(73)8)43-55-23-17-14-18-24-55/h13-26,28-35,37-38,46,52-53,66-75,82,98,113-114H,11-12,27,36,39-45,47-51H2,1-10H3,(H2,97,115)(H,99,121)(H,100,116)(H,101,117)(H,102,118)(H,103,123)(H,104,124)(H,105,126)(H,106,122)(H,107,125)(H,119,120)/t66-,67-,68-,69-,70-,71-,72-,73-,74-,75-,82-/m0/s1. The lowest BCUT2D eigenvalue weighted by atomic mass is 9.98. The van der Waals surface area contributed by atoms with Crippen molar-refractivity contribution in [3.05, 3.63) is 201 Å². The number of rotatable bonds is 23. The normalized spacial score (nSPS) is 21.7. The Hall–Kier alpha value is -13.2. The van der Waals surface area contributed by atoms with Crippen molar-refractivity contribution in [1.29, 1.82) is 0 Å². The average molecular weight is 1880 g/mol.